The van der Waals surface area contributed by atoms with E-state index in [1.807, 2.05) is 24.5 Å². The summed E-state index contributed by atoms with van der Waals surface area (Å²) in [6.07, 6.45) is 2.12. The van der Waals surface area contributed by atoms with E-state index in [1.54, 1.807) is 23.5 Å². The number of amides is 1. The van der Waals surface area contributed by atoms with Crippen molar-refractivity contribution in [3.8, 4) is 6.07 Å². The highest BCUT2D eigenvalue weighted by atomic mass is 32.1. The van der Waals surface area contributed by atoms with Gasteiger partial charge in [-0.1, -0.05) is 18.2 Å². The second kappa shape index (κ2) is 9.04. The molecule has 0 radical (unpaired) electrons. The van der Waals surface area contributed by atoms with Crippen LogP contribution in [0.2, 0.25) is 0 Å². The van der Waals surface area contributed by atoms with Crippen molar-refractivity contribution in [2.75, 3.05) is 18.4 Å². The Morgan fingerprint density at radius 2 is 2.06 bits per heavy atom. The SMILES string of the molecule is Cc1c(C#N)c(NC(=O)CN2CCCC2c2cccs2)n(Cc2ccc(F)cc2)c1C. The predicted octanol–water partition coefficient (Wildman–Crippen LogP) is 5.00. The number of rotatable bonds is 6. The Bertz CT molecular complexity index is 1110. The molecule has 4 rings (SSSR count). The zero-order chi connectivity index (χ0) is 22.0. The summed E-state index contributed by atoms with van der Waals surface area (Å²) in [6.45, 7) is 5.44. The average Bonchev–Trinajstić information content (AvgIpc) is 3.47. The molecule has 2 aromatic heterocycles. The number of nitrogens with one attached hydrogen (secondary N) is 1. The normalized spacial score (nSPS) is 16.4. The van der Waals surface area contributed by atoms with Crippen molar-refractivity contribution in [3.05, 3.63) is 74.9 Å². The average molecular weight is 437 g/mol. The molecule has 1 saturated heterocycles. The molecule has 1 aromatic carbocycles. The van der Waals surface area contributed by atoms with Gasteiger partial charge in [0, 0.05) is 23.2 Å². The lowest BCUT2D eigenvalue weighted by Crippen LogP contribution is -2.33. The van der Waals surface area contributed by atoms with Gasteiger partial charge in [0.15, 0.2) is 0 Å². The third kappa shape index (κ3) is 4.41. The van der Waals surface area contributed by atoms with Gasteiger partial charge in [-0.15, -0.1) is 11.3 Å². The van der Waals surface area contributed by atoms with Crippen molar-refractivity contribution in [2.24, 2.45) is 0 Å². The van der Waals surface area contributed by atoms with E-state index in [2.05, 4.69) is 27.7 Å². The summed E-state index contributed by atoms with van der Waals surface area (Å²) < 4.78 is 15.2. The first-order chi connectivity index (χ1) is 15.0. The third-order valence-electron chi connectivity index (χ3n) is 6.03. The molecule has 7 heteroatoms. The van der Waals surface area contributed by atoms with E-state index >= 15 is 0 Å². The summed E-state index contributed by atoms with van der Waals surface area (Å²) in [7, 11) is 0. The number of anilines is 1. The number of hydrogen-bond acceptors (Lipinski definition) is 4. The van der Waals surface area contributed by atoms with Gasteiger partial charge in [-0.2, -0.15) is 5.26 Å². The van der Waals surface area contributed by atoms with Gasteiger partial charge in [0.25, 0.3) is 0 Å². The smallest absolute Gasteiger partial charge is 0.239 e. The standard InChI is InChI=1S/C24H25FN4OS/c1-16-17(2)29(14-18-7-9-19(25)10-8-18)24(20(16)13-26)27-23(30)15-28-11-3-5-21(28)22-6-4-12-31-22/h4,6-10,12,21H,3,5,11,14-15H2,1-2H3,(H,27,30). The van der Waals surface area contributed by atoms with E-state index in [4.69, 9.17) is 0 Å². The van der Waals surface area contributed by atoms with Gasteiger partial charge in [0.1, 0.15) is 17.7 Å². The van der Waals surface area contributed by atoms with Crippen LogP contribution in [0.25, 0.3) is 0 Å². The van der Waals surface area contributed by atoms with Crippen molar-refractivity contribution >= 4 is 23.1 Å². The monoisotopic (exact) mass is 436 g/mol. The van der Waals surface area contributed by atoms with Crippen molar-refractivity contribution < 1.29 is 9.18 Å². The lowest BCUT2D eigenvalue weighted by Gasteiger charge is -2.23. The number of likely N-dealkylation sites (tertiary alicyclic amines) is 1. The first-order valence-electron chi connectivity index (χ1n) is 10.4. The molecule has 0 bridgehead atoms. The van der Waals surface area contributed by atoms with Crippen LogP contribution in [-0.2, 0) is 11.3 Å². The van der Waals surface area contributed by atoms with E-state index in [9.17, 15) is 14.4 Å². The number of aromatic nitrogens is 1. The van der Waals surface area contributed by atoms with Crippen molar-refractivity contribution in [2.45, 2.75) is 39.3 Å². The fraction of sp³-hybridized carbons (Fsp3) is 0.333. The van der Waals surface area contributed by atoms with E-state index in [-0.39, 0.29) is 24.3 Å². The molecule has 0 saturated carbocycles. The maximum Gasteiger partial charge on any atom is 0.239 e. The minimum atomic E-state index is -0.290. The largest absolute Gasteiger partial charge is 0.326 e. The summed E-state index contributed by atoms with van der Waals surface area (Å²) in [5.74, 6) is 0.0952. The van der Waals surface area contributed by atoms with E-state index in [1.165, 1.54) is 17.0 Å². The summed E-state index contributed by atoms with van der Waals surface area (Å²) >= 11 is 1.72. The number of thiophene rings is 1. The Kier molecular flexibility index (Phi) is 6.21. The third-order valence-corrected chi connectivity index (χ3v) is 7.01. The van der Waals surface area contributed by atoms with Gasteiger partial charge >= 0.3 is 0 Å². The van der Waals surface area contributed by atoms with Crippen LogP contribution in [0, 0.1) is 31.0 Å². The highest BCUT2D eigenvalue weighted by molar-refractivity contribution is 7.10. The van der Waals surface area contributed by atoms with Crippen LogP contribution >= 0.6 is 11.3 Å². The molecule has 1 amide bonds. The molecule has 3 heterocycles. The van der Waals surface area contributed by atoms with E-state index < -0.39 is 0 Å². The fourth-order valence-corrected chi connectivity index (χ4v) is 5.17. The van der Waals surface area contributed by atoms with Gasteiger partial charge in [0.2, 0.25) is 5.91 Å². The van der Waals surface area contributed by atoms with Crippen molar-refractivity contribution in [1.82, 2.24) is 9.47 Å². The number of halogens is 1. The van der Waals surface area contributed by atoms with E-state index in [0.29, 0.717) is 17.9 Å². The summed E-state index contributed by atoms with van der Waals surface area (Å²) in [6, 6.07) is 13.0. The van der Waals surface area contributed by atoms with Crippen molar-refractivity contribution in [1.29, 1.82) is 5.26 Å². The van der Waals surface area contributed by atoms with Gasteiger partial charge in [0.05, 0.1) is 12.1 Å². The number of carbonyl (C=O) groups is 1. The molecular weight excluding hydrogens is 411 g/mol. The maximum absolute atomic E-state index is 13.3. The molecule has 0 spiro atoms. The molecule has 0 aliphatic carbocycles. The molecule has 160 valence electrons. The van der Waals surface area contributed by atoms with Crippen molar-refractivity contribution in [3.63, 3.8) is 0 Å². The summed E-state index contributed by atoms with van der Waals surface area (Å²) in [5, 5.41) is 14.8. The van der Waals surface area contributed by atoms with Crippen LogP contribution in [-0.4, -0.2) is 28.5 Å². The van der Waals surface area contributed by atoms with Crippen LogP contribution in [0.15, 0.2) is 41.8 Å². The van der Waals surface area contributed by atoms with Gasteiger partial charge in [-0.05, 0) is 67.9 Å². The molecule has 1 fully saturated rings. The van der Waals surface area contributed by atoms with Gasteiger partial charge in [-0.25, -0.2) is 4.39 Å². The minimum Gasteiger partial charge on any atom is -0.326 e. The zero-order valence-electron chi connectivity index (χ0n) is 17.7. The molecule has 1 atom stereocenters. The molecule has 1 N–H and O–H groups in total. The van der Waals surface area contributed by atoms with Crippen LogP contribution in [0.5, 0.6) is 0 Å². The highest BCUT2D eigenvalue weighted by Gasteiger charge is 2.29. The minimum absolute atomic E-state index is 0.127. The Balaban J connectivity index is 1.55. The number of benzene rings is 1. The lowest BCUT2D eigenvalue weighted by atomic mass is 10.2. The Morgan fingerprint density at radius 1 is 1.29 bits per heavy atom. The summed E-state index contributed by atoms with van der Waals surface area (Å²) in [4.78, 5) is 16.5. The molecule has 3 aromatic rings. The molecule has 1 aliphatic heterocycles. The zero-order valence-corrected chi connectivity index (χ0v) is 18.5. The quantitative estimate of drug-likeness (QED) is 0.591. The van der Waals surface area contributed by atoms with E-state index in [0.717, 1.165) is 36.2 Å². The van der Waals surface area contributed by atoms with Gasteiger partial charge in [-0.3, -0.25) is 9.69 Å². The number of nitriles is 1. The molecule has 1 unspecified atom stereocenters. The highest BCUT2D eigenvalue weighted by Crippen LogP contribution is 2.34. The van der Waals surface area contributed by atoms with Crippen LogP contribution < -0.4 is 5.32 Å². The second-order valence-corrected chi connectivity index (χ2v) is 8.93. The Labute approximate surface area is 185 Å². The Morgan fingerprint density at radius 3 is 2.74 bits per heavy atom. The summed E-state index contributed by atoms with van der Waals surface area (Å²) in [5.41, 5.74) is 3.13. The second-order valence-electron chi connectivity index (χ2n) is 7.95. The van der Waals surface area contributed by atoms with Crippen LogP contribution in [0.1, 0.15) is 46.1 Å². The lowest BCUT2D eigenvalue weighted by molar-refractivity contribution is -0.117. The molecule has 31 heavy (non-hydrogen) atoms. The molecular formula is C24H25FN4OS. The molecule has 1 aliphatic rings. The fourth-order valence-electron chi connectivity index (χ4n) is 4.27. The predicted molar refractivity (Wildman–Crippen MR) is 121 cm³/mol. The first-order valence-corrected chi connectivity index (χ1v) is 11.3. The number of carbonyl (C=O) groups excluding carboxylic acids is 1. The van der Waals surface area contributed by atoms with Gasteiger partial charge < -0.3 is 9.88 Å². The topological polar surface area (TPSA) is 61.1 Å². The number of hydrogen-bond donors (Lipinski definition) is 1. The van der Waals surface area contributed by atoms with Crippen LogP contribution in [0.4, 0.5) is 10.2 Å². The number of nitrogens with zero attached hydrogens (tertiary/aromatic N) is 3. The van der Waals surface area contributed by atoms with Crippen LogP contribution in [0.3, 0.4) is 0 Å². The molecule has 5 nitrogen and oxygen atoms in total. The Hall–Kier alpha value is -2.95. The first kappa shape index (κ1) is 21.3. The maximum atomic E-state index is 13.3.